The third kappa shape index (κ3) is 1.74. The number of halogens is 2. The van der Waals surface area contributed by atoms with Gasteiger partial charge in [0, 0.05) is 6.42 Å². The van der Waals surface area contributed by atoms with Crippen LogP contribution in [0.3, 0.4) is 0 Å². The van der Waals surface area contributed by atoms with Gasteiger partial charge in [-0.1, -0.05) is 13.0 Å². The second kappa shape index (κ2) is 3.64. The van der Waals surface area contributed by atoms with E-state index in [4.69, 9.17) is 0 Å². The van der Waals surface area contributed by atoms with Gasteiger partial charge in [-0.2, -0.15) is 0 Å². The molecule has 0 amide bonds. The van der Waals surface area contributed by atoms with Crippen molar-refractivity contribution in [2.45, 2.75) is 20.3 Å². The largest absolute Gasteiger partial charge is 0.294 e. The molecule has 0 radical (unpaired) electrons. The van der Waals surface area contributed by atoms with Crippen LogP contribution in [0.5, 0.6) is 0 Å². The number of rotatable bonds is 2. The van der Waals surface area contributed by atoms with E-state index in [1.807, 2.05) is 0 Å². The highest BCUT2D eigenvalue weighted by Gasteiger charge is 2.16. The zero-order chi connectivity index (χ0) is 10.0. The predicted molar refractivity (Wildman–Crippen MR) is 45.7 cm³/mol. The molecule has 70 valence electrons. The molecule has 0 fully saturated rings. The fourth-order valence-corrected chi connectivity index (χ4v) is 1.09. The van der Waals surface area contributed by atoms with Crippen molar-refractivity contribution in [1.29, 1.82) is 0 Å². The van der Waals surface area contributed by atoms with Gasteiger partial charge in [-0.15, -0.1) is 0 Å². The number of hydrogen-bond acceptors (Lipinski definition) is 1. The number of hydrogen-bond donors (Lipinski definition) is 0. The summed E-state index contributed by atoms with van der Waals surface area (Å²) in [6.45, 7) is 3.07. The number of aryl methyl sites for hydroxylation is 1. The standard InChI is InChI=1S/C10H10F2O/c1-3-8(13)9-7(11)5-4-6(2)10(9)12/h4-5H,3H2,1-2H3. The van der Waals surface area contributed by atoms with Crippen molar-refractivity contribution >= 4 is 5.78 Å². The molecule has 1 aromatic carbocycles. The van der Waals surface area contributed by atoms with Crippen LogP contribution in [-0.4, -0.2) is 5.78 Å². The summed E-state index contributed by atoms with van der Waals surface area (Å²) in [6.07, 6.45) is 0.108. The van der Waals surface area contributed by atoms with Crippen LogP contribution in [0.2, 0.25) is 0 Å². The molecule has 0 bridgehead atoms. The Morgan fingerprint density at radius 3 is 2.54 bits per heavy atom. The Labute approximate surface area is 75.4 Å². The van der Waals surface area contributed by atoms with Gasteiger partial charge in [0.2, 0.25) is 0 Å². The van der Waals surface area contributed by atoms with Gasteiger partial charge in [0.25, 0.3) is 0 Å². The first kappa shape index (κ1) is 9.84. The predicted octanol–water partition coefficient (Wildman–Crippen LogP) is 2.87. The Hall–Kier alpha value is -1.25. The van der Waals surface area contributed by atoms with Crippen LogP contribution in [0.25, 0.3) is 0 Å². The molecular weight excluding hydrogens is 174 g/mol. The smallest absolute Gasteiger partial charge is 0.168 e. The van der Waals surface area contributed by atoms with Gasteiger partial charge in [-0.3, -0.25) is 4.79 Å². The summed E-state index contributed by atoms with van der Waals surface area (Å²) in [7, 11) is 0. The van der Waals surface area contributed by atoms with Gasteiger partial charge in [0.15, 0.2) is 5.78 Å². The summed E-state index contributed by atoms with van der Waals surface area (Å²) in [5.41, 5.74) is -0.124. The summed E-state index contributed by atoms with van der Waals surface area (Å²) >= 11 is 0. The van der Waals surface area contributed by atoms with Crippen molar-refractivity contribution < 1.29 is 13.6 Å². The highest BCUT2D eigenvalue weighted by atomic mass is 19.1. The van der Waals surface area contributed by atoms with Crippen molar-refractivity contribution in [2.75, 3.05) is 0 Å². The Balaban J connectivity index is 3.33. The minimum atomic E-state index is -0.782. The van der Waals surface area contributed by atoms with Crippen LogP contribution >= 0.6 is 0 Å². The van der Waals surface area contributed by atoms with Gasteiger partial charge in [0.05, 0.1) is 5.56 Å². The minimum absolute atomic E-state index is 0.108. The maximum absolute atomic E-state index is 13.2. The minimum Gasteiger partial charge on any atom is -0.294 e. The normalized spacial score (nSPS) is 10.2. The molecule has 0 atom stereocenters. The topological polar surface area (TPSA) is 17.1 Å². The molecule has 0 N–H and O–H groups in total. The van der Waals surface area contributed by atoms with Crippen molar-refractivity contribution in [3.05, 3.63) is 34.9 Å². The zero-order valence-electron chi connectivity index (χ0n) is 7.53. The van der Waals surface area contributed by atoms with Crippen LogP contribution in [-0.2, 0) is 0 Å². The molecule has 0 heterocycles. The number of benzene rings is 1. The monoisotopic (exact) mass is 184 g/mol. The van der Waals surface area contributed by atoms with Gasteiger partial charge in [0.1, 0.15) is 11.6 Å². The van der Waals surface area contributed by atoms with Crippen molar-refractivity contribution in [1.82, 2.24) is 0 Å². The Morgan fingerprint density at radius 2 is 2.00 bits per heavy atom. The first-order chi connectivity index (χ1) is 6.07. The SMILES string of the molecule is CCC(=O)c1c(F)ccc(C)c1F. The molecule has 1 rings (SSSR count). The van der Waals surface area contributed by atoms with E-state index in [1.165, 1.54) is 13.0 Å². The van der Waals surface area contributed by atoms with E-state index >= 15 is 0 Å². The van der Waals surface area contributed by atoms with Gasteiger partial charge in [-0.05, 0) is 18.6 Å². The first-order valence-corrected chi connectivity index (χ1v) is 4.05. The molecule has 0 aliphatic heterocycles. The lowest BCUT2D eigenvalue weighted by molar-refractivity contribution is 0.0980. The molecule has 13 heavy (non-hydrogen) atoms. The molecule has 1 nitrogen and oxygen atoms in total. The Morgan fingerprint density at radius 1 is 1.38 bits per heavy atom. The molecule has 0 spiro atoms. The van der Waals surface area contributed by atoms with Crippen molar-refractivity contribution in [3.63, 3.8) is 0 Å². The van der Waals surface area contributed by atoms with E-state index in [0.717, 1.165) is 6.07 Å². The molecule has 0 unspecified atom stereocenters. The van der Waals surface area contributed by atoms with Gasteiger partial charge in [-0.25, -0.2) is 8.78 Å². The Kier molecular flexibility index (Phi) is 2.76. The lowest BCUT2D eigenvalue weighted by atomic mass is 10.0. The molecule has 0 aromatic heterocycles. The number of Topliss-reactive ketones (excluding diaryl/α,β-unsaturated/α-hetero) is 1. The quantitative estimate of drug-likeness (QED) is 0.646. The summed E-state index contributed by atoms with van der Waals surface area (Å²) in [5, 5.41) is 0. The highest BCUT2D eigenvalue weighted by molar-refractivity contribution is 5.96. The fraction of sp³-hybridized carbons (Fsp3) is 0.300. The van der Waals surface area contributed by atoms with E-state index in [9.17, 15) is 13.6 Å². The fourth-order valence-electron chi connectivity index (χ4n) is 1.09. The molecule has 0 saturated heterocycles. The van der Waals surface area contributed by atoms with Crippen LogP contribution in [0.1, 0.15) is 29.3 Å². The summed E-state index contributed by atoms with van der Waals surface area (Å²) in [6, 6.07) is 2.43. The van der Waals surface area contributed by atoms with E-state index in [2.05, 4.69) is 0 Å². The van der Waals surface area contributed by atoms with Crippen molar-refractivity contribution in [3.8, 4) is 0 Å². The molecule has 1 aromatic rings. The molecule has 0 aliphatic rings. The van der Waals surface area contributed by atoms with E-state index in [-0.39, 0.29) is 6.42 Å². The number of carbonyl (C=O) groups is 1. The van der Waals surface area contributed by atoms with Gasteiger partial charge < -0.3 is 0 Å². The van der Waals surface area contributed by atoms with Crippen molar-refractivity contribution in [2.24, 2.45) is 0 Å². The average Bonchev–Trinajstić information content (AvgIpc) is 2.12. The second-order valence-electron chi connectivity index (χ2n) is 2.83. The Bertz CT molecular complexity index is 345. The number of ketones is 1. The molecule has 0 aliphatic carbocycles. The van der Waals surface area contributed by atoms with E-state index in [0.29, 0.717) is 5.56 Å². The molecular formula is C10H10F2O. The third-order valence-corrected chi connectivity index (χ3v) is 1.88. The third-order valence-electron chi connectivity index (χ3n) is 1.88. The van der Waals surface area contributed by atoms with E-state index < -0.39 is 23.0 Å². The lowest BCUT2D eigenvalue weighted by Crippen LogP contribution is -2.05. The lowest BCUT2D eigenvalue weighted by Gasteiger charge is -2.04. The van der Waals surface area contributed by atoms with Crippen LogP contribution in [0.4, 0.5) is 8.78 Å². The zero-order valence-corrected chi connectivity index (χ0v) is 7.53. The second-order valence-corrected chi connectivity index (χ2v) is 2.83. The van der Waals surface area contributed by atoms with Crippen LogP contribution in [0, 0.1) is 18.6 Å². The average molecular weight is 184 g/mol. The highest BCUT2D eigenvalue weighted by Crippen LogP contribution is 2.17. The molecule has 3 heteroatoms. The van der Waals surface area contributed by atoms with Crippen LogP contribution in [0.15, 0.2) is 12.1 Å². The van der Waals surface area contributed by atoms with E-state index in [1.54, 1.807) is 6.92 Å². The first-order valence-electron chi connectivity index (χ1n) is 4.05. The van der Waals surface area contributed by atoms with Crippen LogP contribution < -0.4 is 0 Å². The summed E-state index contributed by atoms with van der Waals surface area (Å²) in [4.78, 5) is 11.1. The molecule has 0 saturated carbocycles. The van der Waals surface area contributed by atoms with Gasteiger partial charge >= 0.3 is 0 Å². The maximum Gasteiger partial charge on any atom is 0.168 e. The maximum atomic E-state index is 13.2. The summed E-state index contributed by atoms with van der Waals surface area (Å²) in [5.74, 6) is -2.03. The summed E-state index contributed by atoms with van der Waals surface area (Å²) < 4.78 is 26.2. The number of carbonyl (C=O) groups excluding carboxylic acids is 1.